The van der Waals surface area contributed by atoms with Gasteiger partial charge in [-0.05, 0) is 31.7 Å². The Morgan fingerprint density at radius 2 is 1.85 bits per heavy atom. The summed E-state index contributed by atoms with van der Waals surface area (Å²) in [5, 5.41) is 14.4. The summed E-state index contributed by atoms with van der Waals surface area (Å²) in [5.74, 6) is -0.210. The van der Waals surface area contributed by atoms with Crippen molar-refractivity contribution in [3.05, 3.63) is 68.2 Å². The average Bonchev–Trinajstić information content (AvgIpc) is 2.62. The van der Waals surface area contributed by atoms with Crippen LogP contribution >= 0.6 is 23.2 Å². The Hall–Kier alpha value is -2.15. The Bertz CT molecular complexity index is 794. The molecule has 0 aromatic heterocycles. The van der Waals surface area contributed by atoms with Crippen LogP contribution in [0.1, 0.15) is 24.9 Å². The van der Waals surface area contributed by atoms with Crippen LogP contribution in [0.5, 0.6) is 0 Å². The molecule has 0 fully saturated rings. The monoisotopic (exact) mass is 395 g/mol. The van der Waals surface area contributed by atoms with Crippen LogP contribution in [-0.4, -0.2) is 29.3 Å². The number of nitrogens with one attached hydrogen (secondary N) is 1. The van der Waals surface area contributed by atoms with Gasteiger partial charge in [-0.15, -0.1) is 0 Å². The highest BCUT2D eigenvalue weighted by atomic mass is 35.5. The maximum absolute atomic E-state index is 12.2. The molecular formula is C18H19Cl2N3O3. The minimum Gasteiger partial charge on any atom is -0.324 e. The predicted molar refractivity (Wildman–Crippen MR) is 104 cm³/mol. The van der Waals surface area contributed by atoms with Crippen molar-refractivity contribution in [2.75, 3.05) is 18.9 Å². The van der Waals surface area contributed by atoms with E-state index >= 15 is 0 Å². The third-order valence-electron chi connectivity index (χ3n) is 4.14. The third-order valence-corrected chi connectivity index (χ3v) is 4.77. The van der Waals surface area contributed by atoms with Gasteiger partial charge in [0.15, 0.2) is 0 Å². The third kappa shape index (κ3) is 5.17. The lowest BCUT2D eigenvalue weighted by atomic mass is 10.1. The molecule has 0 radical (unpaired) electrons. The molecule has 0 aliphatic heterocycles. The van der Waals surface area contributed by atoms with Gasteiger partial charge in [-0.25, -0.2) is 0 Å². The number of para-hydroxylation sites is 1. The fourth-order valence-corrected chi connectivity index (χ4v) is 2.94. The number of nitro groups is 1. The lowest BCUT2D eigenvalue weighted by molar-refractivity contribution is -0.384. The van der Waals surface area contributed by atoms with E-state index in [0.29, 0.717) is 22.3 Å². The number of anilines is 1. The summed E-state index contributed by atoms with van der Waals surface area (Å²) < 4.78 is 0. The van der Waals surface area contributed by atoms with Crippen LogP contribution in [0.25, 0.3) is 0 Å². The predicted octanol–water partition coefficient (Wildman–Crippen LogP) is 4.92. The summed E-state index contributed by atoms with van der Waals surface area (Å²) in [6, 6.07) is 11.4. The number of hydrogen-bond acceptors (Lipinski definition) is 4. The molecule has 0 aliphatic rings. The molecule has 2 rings (SSSR count). The Labute approximate surface area is 161 Å². The summed E-state index contributed by atoms with van der Waals surface area (Å²) in [7, 11) is 1.86. The van der Waals surface area contributed by atoms with Crippen molar-refractivity contribution in [3.8, 4) is 0 Å². The van der Waals surface area contributed by atoms with Gasteiger partial charge in [0.2, 0.25) is 5.91 Å². The van der Waals surface area contributed by atoms with E-state index in [0.717, 1.165) is 5.56 Å². The van der Waals surface area contributed by atoms with Crippen LogP contribution in [-0.2, 0) is 4.79 Å². The van der Waals surface area contributed by atoms with E-state index in [2.05, 4.69) is 5.32 Å². The van der Waals surface area contributed by atoms with E-state index < -0.39 is 4.92 Å². The molecule has 6 nitrogen and oxygen atoms in total. The molecule has 0 bridgehead atoms. The fraction of sp³-hybridized carbons (Fsp3) is 0.278. The number of benzene rings is 2. The number of hydrogen-bond donors (Lipinski definition) is 1. The Balaban J connectivity index is 1.95. The fourth-order valence-electron chi connectivity index (χ4n) is 2.44. The number of halogens is 2. The van der Waals surface area contributed by atoms with Gasteiger partial charge >= 0.3 is 0 Å². The van der Waals surface area contributed by atoms with Crippen LogP contribution in [0.15, 0.2) is 42.5 Å². The Kier molecular flexibility index (Phi) is 6.97. The van der Waals surface area contributed by atoms with Crippen LogP contribution in [0.4, 0.5) is 11.4 Å². The first-order valence-electron chi connectivity index (χ1n) is 7.98. The van der Waals surface area contributed by atoms with Crippen molar-refractivity contribution < 1.29 is 9.72 Å². The molecular weight excluding hydrogens is 377 g/mol. The molecule has 0 saturated carbocycles. The van der Waals surface area contributed by atoms with E-state index in [9.17, 15) is 14.9 Å². The first-order valence-corrected chi connectivity index (χ1v) is 8.73. The lowest BCUT2D eigenvalue weighted by Gasteiger charge is -2.24. The van der Waals surface area contributed by atoms with Crippen LogP contribution in [0, 0.1) is 10.1 Å². The summed E-state index contributed by atoms with van der Waals surface area (Å²) >= 11 is 12.1. The van der Waals surface area contributed by atoms with E-state index in [-0.39, 0.29) is 24.1 Å². The Morgan fingerprint density at radius 1 is 1.23 bits per heavy atom. The molecule has 1 amide bonds. The summed E-state index contributed by atoms with van der Waals surface area (Å²) in [6.45, 7) is 2.40. The number of nitrogens with zero attached hydrogens (tertiary/aromatic N) is 2. The highest BCUT2D eigenvalue weighted by Crippen LogP contribution is 2.30. The van der Waals surface area contributed by atoms with Gasteiger partial charge in [-0.1, -0.05) is 41.4 Å². The standard InChI is InChI=1S/C18H19Cl2N3O3/c1-12(13-5-3-6-14(11-13)23(25)26)22(2)10-9-17(24)21-18-15(19)7-4-8-16(18)20/h3-8,11-12H,9-10H2,1-2H3,(H,21,24). The van der Waals surface area contributed by atoms with Gasteiger partial charge in [0.1, 0.15) is 0 Å². The SMILES string of the molecule is CC(c1cccc([N+](=O)[O-])c1)N(C)CCC(=O)Nc1c(Cl)cccc1Cl. The largest absolute Gasteiger partial charge is 0.324 e. The van der Waals surface area contributed by atoms with E-state index in [4.69, 9.17) is 23.2 Å². The minimum absolute atomic E-state index is 0.0499. The van der Waals surface area contributed by atoms with Crippen LogP contribution < -0.4 is 5.32 Å². The molecule has 0 heterocycles. The molecule has 1 unspecified atom stereocenters. The number of rotatable bonds is 7. The second kappa shape index (κ2) is 8.98. The van der Waals surface area contributed by atoms with Gasteiger partial charge in [-0.3, -0.25) is 19.8 Å². The van der Waals surface area contributed by atoms with Crippen LogP contribution in [0.2, 0.25) is 10.0 Å². The van der Waals surface area contributed by atoms with Gasteiger partial charge in [0.25, 0.3) is 5.69 Å². The average molecular weight is 396 g/mol. The van der Waals surface area contributed by atoms with Gasteiger partial charge in [0.05, 0.1) is 20.7 Å². The zero-order valence-corrected chi connectivity index (χ0v) is 15.9. The maximum Gasteiger partial charge on any atom is 0.269 e. The number of carbonyl (C=O) groups excluding carboxylic acids is 1. The van der Waals surface area contributed by atoms with Gasteiger partial charge in [0, 0.05) is 31.1 Å². The Morgan fingerprint density at radius 3 is 2.46 bits per heavy atom. The number of amides is 1. The highest BCUT2D eigenvalue weighted by Gasteiger charge is 2.16. The quantitative estimate of drug-likeness (QED) is 0.532. The zero-order valence-electron chi connectivity index (χ0n) is 14.4. The summed E-state index contributed by atoms with van der Waals surface area (Å²) in [4.78, 5) is 24.6. The number of carbonyl (C=O) groups is 1. The summed E-state index contributed by atoms with van der Waals surface area (Å²) in [5.41, 5.74) is 1.26. The molecule has 0 aliphatic carbocycles. The zero-order chi connectivity index (χ0) is 19.3. The molecule has 8 heteroatoms. The smallest absolute Gasteiger partial charge is 0.269 e. The maximum atomic E-state index is 12.2. The van der Waals surface area contributed by atoms with Gasteiger partial charge < -0.3 is 5.32 Å². The minimum atomic E-state index is -0.420. The number of nitro benzene ring substituents is 1. The molecule has 2 aromatic carbocycles. The van der Waals surface area contributed by atoms with Crippen molar-refractivity contribution in [2.45, 2.75) is 19.4 Å². The molecule has 1 atom stereocenters. The number of non-ortho nitro benzene ring substituents is 1. The van der Waals surface area contributed by atoms with Crippen molar-refractivity contribution in [3.63, 3.8) is 0 Å². The highest BCUT2D eigenvalue weighted by molar-refractivity contribution is 6.39. The van der Waals surface area contributed by atoms with E-state index in [1.165, 1.54) is 6.07 Å². The molecule has 1 N–H and O–H groups in total. The molecule has 0 saturated heterocycles. The summed E-state index contributed by atoms with van der Waals surface area (Å²) in [6.07, 6.45) is 0.233. The first kappa shape index (κ1) is 20.2. The van der Waals surface area contributed by atoms with E-state index in [1.54, 1.807) is 30.3 Å². The normalized spacial score (nSPS) is 12.0. The first-order chi connectivity index (χ1) is 12.3. The molecule has 2 aromatic rings. The molecule has 26 heavy (non-hydrogen) atoms. The molecule has 138 valence electrons. The van der Waals surface area contributed by atoms with Crippen molar-refractivity contribution >= 4 is 40.5 Å². The van der Waals surface area contributed by atoms with Gasteiger partial charge in [-0.2, -0.15) is 0 Å². The van der Waals surface area contributed by atoms with E-state index in [1.807, 2.05) is 24.9 Å². The second-order valence-corrected chi connectivity index (χ2v) is 6.72. The molecule has 0 spiro atoms. The van der Waals surface area contributed by atoms with Crippen molar-refractivity contribution in [1.82, 2.24) is 4.90 Å². The topological polar surface area (TPSA) is 75.5 Å². The van der Waals surface area contributed by atoms with Crippen LogP contribution in [0.3, 0.4) is 0 Å². The van der Waals surface area contributed by atoms with Crippen molar-refractivity contribution in [1.29, 1.82) is 0 Å². The van der Waals surface area contributed by atoms with Crippen molar-refractivity contribution in [2.24, 2.45) is 0 Å². The second-order valence-electron chi connectivity index (χ2n) is 5.90. The lowest BCUT2D eigenvalue weighted by Crippen LogP contribution is -2.27.